The summed E-state index contributed by atoms with van der Waals surface area (Å²) in [5.74, 6) is 1.18. The van der Waals surface area contributed by atoms with Gasteiger partial charge in [0.2, 0.25) is 0 Å². The predicted octanol–water partition coefficient (Wildman–Crippen LogP) is 2.05. The second kappa shape index (κ2) is 5.70. The first kappa shape index (κ1) is 12.8. The van der Waals surface area contributed by atoms with Crippen molar-refractivity contribution in [1.82, 2.24) is 5.32 Å². The van der Waals surface area contributed by atoms with Crippen LogP contribution in [0.2, 0.25) is 0 Å². The number of hydrogen-bond acceptors (Lipinski definition) is 4. The minimum absolute atomic E-state index is 0.133. The molecular formula is C12H19NO3. The number of aryl methyl sites for hydroxylation is 1. The largest absolute Gasteiger partial charge is 0.469 e. The van der Waals surface area contributed by atoms with E-state index in [0.29, 0.717) is 6.42 Å². The predicted molar refractivity (Wildman–Crippen MR) is 61.0 cm³/mol. The Morgan fingerprint density at radius 1 is 1.56 bits per heavy atom. The van der Waals surface area contributed by atoms with Crippen molar-refractivity contribution < 1.29 is 13.9 Å². The molecule has 0 bridgehead atoms. The molecule has 0 saturated carbocycles. The van der Waals surface area contributed by atoms with E-state index in [1.807, 2.05) is 33.0 Å². The molecule has 0 radical (unpaired) electrons. The van der Waals surface area contributed by atoms with Gasteiger partial charge in [0.1, 0.15) is 11.5 Å². The number of methoxy groups -OCH3 is 1. The number of ether oxygens (including phenoxy) is 1. The van der Waals surface area contributed by atoms with Crippen LogP contribution in [0, 0.1) is 12.8 Å². The number of esters is 1. The second-order valence-corrected chi connectivity index (χ2v) is 3.75. The fourth-order valence-electron chi connectivity index (χ4n) is 1.85. The van der Waals surface area contributed by atoms with E-state index in [9.17, 15) is 4.79 Å². The molecule has 1 aromatic rings. The number of furan rings is 1. The molecule has 0 spiro atoms. The van der Waals surface area contributed by atoms with Gasteiger partial charge in [0.25, 0.3) is 0 Å². The van der Waals surface area contributed by atoms with Gasteiger partial charge in [-0.25, -0.2) is 0 Å². The summed E-state index contributed by atoms with van der Waals surface area (Å²) in [6.45, 7) is 3.84. The summed E-state index contributed by atoms with van der Waals surface area (Å²) in [7, 11) is 3.22. The van der Waals surface area contributed by atoms with E-state index in [4.69, 9.17) is 9.15 Å². The van der Waals surface area contributed by atoms with Gasteiger partial charge in [-0.15, -0.1) is 0 Å². The van der Waals surface area contributed by atoms with Crippen molar-refractivity contribution in [2.45, 2.75) is 26.3 Å². The van der Waals surface area contributed by atoms with Gasteiger partial charge < -0.3 is 14.5 Å². The molecule has 4 nitrogen and oxygen atoms in total. The number of hydrogen-bond donors (Lipinski definition) is 1. The van der Waals surface area contributed by atoms with Crippen molar-refractivity contribution in [3.05, 3.63) is 23.7 Å². The van der Waals surface area contributed by atoms with Gasteiger partial charge in [-0.3, -0.25) is 4.79 Å². The normalized spacial score (nSPS) is 14.5. The minimum Gasteiger partial charge on any atom is -0.469 e. The maximum Gasteiger partial charge on any atom is 0.310 e. The first-order chi connectivity index (χ1) is 7.63. The number of rotatable bonds is 5. The monoisotopic (exact) mass is 225 g/mol. The van der Waals surface area contributed by atoms with Crippen LogP contribution in [0.15, 0.2) is 16.5 Å². The van der Waals surface area contributed by atoms with Crippen LogP contribution in [0.4, 0.5) is 0 Å². The molecular weight excluding hydrogens is 206 g/mol. The highest BCUT2D eigenvalue weighted by atomic mass is 16.5. The third kappa shape index (κ3) is 2.64. The second-order valence-electron chi connectivity index (χ2n) is 3.75. The van der Waals surface area contributed by atoms with Crippen LogP contribution in [-0.4, -0.2) is 20.1 Å². The summed E-state index contributed by atoms with van der Waals surface area (Å²) in [6.07, 6.45) is 0.706. The molecule has 2 atom stereocenters. The van der Waals surface area contributed by atoms with E-state index in [1.165, 1.54) is 7.11 Å². The van der Waals surface area contributed by atoms with Crippen molar-refractivity contribution in [1.29, 1.82) is 0 Å². The van der Waals surface area contributed by atoms with Crippen LogP contribution < -0.4 is 5.32 Å². The van der Waals surface area contributed by atoms with Crippen molar-refractivity contribution >= 4 is 5.97 Å². The molecule has 0 fully saturated rings. The minimum atomic E-state index is -0.222. The van der Waals surface area contributed by atoms with E-state index in [1.54, 1.807) is 0 Å². The van der Waals surface area contributed by atoms with Gasteiger partial charge >= 0.3 is 5.97 Å². The number of carbonyl (C=O) groups is 1. The Morgan fingerprint density at radius 2 is 2.25 bits per heavy atom. The molecule has 0 saturated heterocycles. The summed E-state index contributed by atoms with van der Waals surface area (Å²) >= 11 is 0. The lowest BCUT2D eigenvalue weighted by atomic mass is 9.95. The highest BCUT2D eigenvalue weighted by Gasteiger charge is 2.29. The summed E-state index contributed by atoms with van der Waals surface area (Å²) in [5.41, 5.74) is 0. The van der Waals surface area contributed by atoms with E-state index >= 15 is 0 Å². The molecule has 1 heterocycles. The van der Waals surface area contributed by atoms with E-state index < -0.39 is 0 Å². The van der Waals surface area contributed by atoms with Gasteiger partial charge in [-0.2, -0.15) is 0 Å². The molecule has 0 aliphatic carbocycles. The zero-order chi connectivity index (χ0) is 12.1. The fourth-order valence-corrected chi connectivity index (χ4v) is 1.85. The van der Waals surface area contributed by atoms with Gasteiger partial charge in [0.15, 0.2) is 0 Å². The first-order valence-electron chi connectivity index (χ1n) is 5.45. The molecule has 2 unspecified atom stereocenters. The molecule has 1 aromatic heterocycles. The zero-order valence-corrected chi connectivity index (χ0v) is 10.2. The highest BCUT2D eigenvalue weighted by molar-refractivity contribution is 5.73. The summed E-state index contributed by atoms with van der Waals surface area (Å²) in [4.78, 5) is 11.6. The Kier molecular flexibility index (Phi) is 4.55. The van der Waals surface area contributed by atoms with Crippen LogP contribution in [-0.2, 0) is 9.53 Å². The van der Waals surface area contributed by atoms with Crippen LogP contribution in [0.5, 0.6) is 0 Å². The Bertz CT molecular complexity index is 346. The molecule has 1 N–H and O–H groups in total. The maximum atomic E-state index is 11.6. The lowest BCUT2D eigenvalue weighted by Gasteiger charge is -2.21. The van der Waals surface area contributed by atoms with Crippen LogP contribution in [0.3, 0.4) is 0 Å². The molecule has 1 rings (SSSR count). The van der Waals surface area contributed by atoms with Gasteiger partial charge in [-0.1, -0.05) is 6.92 Å². The Morgan fingerprint density at radius 3 is 2.62 bits per heavy atom. The molecule has 16 heavy (non-hydrogen) atoms. The molecule has 4 heteroatoms. The summed E-state index contributed by atoms with van der Waals surface area (Å²) < 4.78 is 10.3. The van der Waals surface area contributed by atoms with Gasteiger partial charge in [-0.05, 0) is 32.5 Å². The van der Waals surface area contributed by atoms with Gasteiger partial charge in [0.05, 0.1) is 19.1 Å². The third-order valence-corrected chi connectivity index (χ3v) is 2.72. The standard InChI is InChI=1S/C12H19NO3/c1-5-9(12(14)15-4)11(13-3)10-7-6-8(2)16-10/h6-7,9,11,13H,5H2,1-4H3. The van der Waals surface area contributed by atoms with E-state index in [-0.39, 0.29) is 17.9 Å². The van der Waals surface area contributed by atoms with Gasteiger partial charge in [0, 0.05) is 0 Å². The van der Waals surface area contributed by atoms with Crippen molar-refractivity contribution in [2.75, 3.05) is 14.2 Å². The Balaban J connectivity index is 2.91. The first-order valence-corrected chi connectivity index (χ1v) is 5.45. The third-order valence-electron chi connectivity index (χ3n) is 2.72. The molecule has 0 amide bonds. The molecule has 0 aliphatic heterocycles. The summed E-state index contributed by atoms with van der Waals surface area (Å²) in [5, 5.41) is 3.10. The lowest BCUT2D eigenvalue weighted by Crippen LogP contribution is -2.31. The zero-order valence-electron chi connectivity index (χ0n) is 10.2. The van der Waals surface area contributed by atoms with E-state index in [0.717, 1.165) is 11.5 Å². The smallest absolute Gasteiger partial charge is 0.310 e. The maximum absolute atomic E-state index is 11.6. The van der Waals surface area contributed by atoms with E-state index in [2.05, 4.69) is 5.32 Å². The topological polar surface area (TPSA) is 51.5 Å². The van der Waals surface area contributed by atoms with Crippen molar-refractivity contribution in [3.8, 4) is 0 Å². The number of carbonyl (C=O) groups excluding carboxylic acids is 1. The lowest BCUT2D eigenvalue weighted by molar-refractivity contribution is -0.146. The van der Waals surface area contributed by atoms with Crippen molar-refractivity contribution in [2.24, 2.45) is 5.92 Å². The Hall–Kier alpha value is -1.29. The summed E-state index contributed by atoms with van der Waals surface area (Å²) in [6, 6.07) is 3.65. The van der Waals surface area contributed by atoms with Crippen LogP contribution in [0.1, 0.15) is 30.9 Å². The molecule has 0 aromatic carbocycles. The molecule has 90 valence electrons. The fraction of sp³-hybridized carbons (Fsp3) is 0.583. The Labute approximate surface area is 96.0 Å². The highest BCUT2D eigenvalue weighted by Crippen LogP contribution is 2.26. The quantitative estimate of drug-likeness (QED) is 0.779. The average molecular weight is 225 g/mol. The SMILES string of the molecule is CCC(C(=O)OC)C(NC)c1ccc(C)o1. The number of nitrogens with one attached hydrogen (secondary N) is 1. The van der Waals surface area contributed by atoms with Crippen LogP contribution in [0.25, 0.3) is 0 Å². The van der Waals surface area contributed by atoms with Crippen LogP contribution >= 0.6 is 0 Å². The average Bonchev–Trinajstić information content (AvgIpc) is 2.71. The molecule has 0 aliphatic rings. The van der Waals surface area contributed by atoms with Crippen molar-refractivity contribution in [3.63, 3.8) is 0 Å².